The summed E-state index contributed by atoms with van der Waals surface area (Å²) in [6.45, 7) is 2.03. The van der Waals surface area contributed by atoms with Crippen LogP contribution in [0.3, 0.4) is 0 Å². The number of hydrogen-bond acceptors (Lipinski definition) is 4. The van der Waals surface area contributed by atoms with Gasteiger partial charge in [-0.1, -0.05) is 6.08 Å². The number of rotatable bonds is 3. The fraction of sp³-hybridized carbons (Fsp3) is 0.600. The Hall–Kier alpha value is -0.440. The predicted molar refractivity (Wildman–Crippen MR) is 46.3 cm³/mol. The van der Waals surface area contributed by atoms with E-state index in [0.717, 1.165) is 6.08 Å². The van der Waals surface area contributed by atoms with Crippen molar-refractivity contribution in [2.75, 3.05) is 0 Å². The van der Waals surface area contributed by atoms with E-state index < -0.39 is 24.3 Å². The highest BCUT2D eigenvalue weighted by atomic mass is 32.3. The lowest BCUT2D eigenvalue weighted by atomic mass is 10.4. The molecule has 0 spiro atoms. The monoisotopic (exact) mass is 230 g/mol. The Bertz CT molecular complexity index is 368. The lowest BCUT2D eigenvalue weighted by Crippen LogP contribution is -2.40. The molecule has 0 saturated carbocycles. The summed E-state index contributed by atoms with van der Waals surface area (Å²) in [5.41, 5.74) is 0. The molecule has 8 heteroatoms. The van der Waals surface area contributed by atoms with E-state index in [4.69, 9.17) is 9.11 Å². The van der Waals surface area contributed by atoms with E-state index in [-0.39, 0.29) is 0 Å². The lowest BCUT2D eigenvalue weighted by molar-refractivity contribution is 0.443. The third-order valence-corrected chi connectivity index (χ3v) is 5.08. The van der Waals surface area contributed by atoms with Gasteiger partial charge in [0, 0.05) is 0 Å². The minimum atomic E-state index is -4.91. The third-order valence-electron chi connectivity index (χ3n) is 1.49. The van der Waals surface area contributed by atoms with Crippen LogP contribution in [0, 0.1) is 0 Å². The molecule has 2 N–H and O–H groups in total. The van der Waals surface area contributed by atoms with E-state index in [1.165, 1.54) is 6.92 Å². The summed E-state index contributed by atoms with van der Waals surface area (Å²) >= 11 is 0. The van der Waals surface area contributed by atoms with Crippen LogP contribution >= 0.6 is 0 Å². The van der Waals surface area contributed by atoms with Gasteiger partial charge in [-0.2, -0.15) is 16.8 Å². The second kappa shape index (κ2) is 3.37. The molecule has 13 heavy (non-hydrogen) atoms. The summed E-state index contributed by atoms with van der Waals surface area (Å²) in [7, 11) is -9.82. The highest BCUT2D eigenvalue weighted by Crippen LogP contribution is 2.23. The number of hydrogen-bond donors (Lipinski definition) is 2. The van der Waals surface area contributed by atoms with Crippen LogP contribution in [-0.4, -0.2) is 30.0 Å². The summed E-state index contributed by atoms with van der Waals surface area (Å²) in [4.78, 5) is 0. The fourth-order valence-corrected chi connectivity index (χ4v) is 2.29. The Morgan fingerprint density at radius 2 is 1.38 bits per heavy atom. The molecule has 0 fully saturated rings. The standard InChI is InChI=1S/C5H10O6S2/c1-3-4-5(2,12(6,7)8)13(9,10)11/h3-4H,1-2H3,(H,6,7,8)(H,9,10,11). The first-order valence-corrected chi connectivity index (χ1v) is 6.02. The molecule has 6 nitrogen and oxygen atoms in total. The molecular formula is C5H10O6S2. The van der Waals surface area contributed by atoms with Crippen molar-refractivity contribution in [1.82, 2.24) is 0 Å². The Balaban J connectivity index is 5.79. The molecule has 0 aromatic rings. The maximum absolute atomic E-state index is 10.7. The molecule has 0 aromatic carbocycles. The van der Waals surface area contributed by atoms with Crippen molar-refractivity contribution in [1.29, 1.82) is 0 Å². The predicted octanol–water partition coefficient (Wildman–Crippen LogP) is 0.0543. The Morgan fingerprint density at radius 1 is 1.08 bits per heavy atom. The largest absolute Gasteiger partial charge is 0.291 e. The van der Waals surface area contributed by atoms with Gasteiger partial charge < -0.3 is 0 Å². The molecule has 0 aliphatic carbocycles. The van der Waals surface area contributed by atoms with Crippen molar-refractivity contribution >= 4 is 20.2 Å². The molecule has 0 amide bonds. The third kappa shape index (κ3) is 2.27. The average Bonchev–Trinajstić information content (AvgIpc) is 1.82. The molecule has 0 bridgehead atoms. The van der Waals surface area contributed by atoms with Crippen molar-refractivity contribution < 1.29 is 25.9 Å². The lowest BCUT2D eigenvalue weighted by Gasteiger charge is -2.17. The highest BCUT2D eigenvalue weighted by Gasteiger charge is 2.47. The minimum absolute atomic E-state index is 0.678. The van der Waals surface area contributed by atoms with Gasteiger partial charge in [0.05, 0.1) is 0 Å². The smallest absolute Gasteiger partial charge is 0.284 e. The molecule has 0 atom stereocenters. The van der Waals surface area contributed by atoms with Gasteiger partial charge >= 0.3 is 0 Å². The van der Waals surface area contributed by atoms with Crippen LogP contribution in [0.4, 0.5) is 0 Å². The molecule has 0 aliphatic heterocycles. The molecule has 0 aliphatic rings. The van der Waals surface area contributed by atoms with E-state index in [0.29, 0.717) is 13.0 Å². The van der Waals surface area contributed by atoms with Gasteiger partial charge in [-0.25, -0.2) is 0 Å². The van der Waals surface area contributed by atoms with E-state index in [2.05, 4.69) is 0 Å². The Kier molecular flexibility index (Phi) is 3.26. The average molecular weight is 230 g/mol. The molecule has 0 unspecified atom stereocenters. The first-order chi connectivity index (χ1) is 5.56. The van der Waals surface area contributed by atoms with Gasteiger partial charge in [0.2, 0.25) is 4.08 Å². The molecule has 0 heterocycles. The van der Waals surface area contributed by atoms with Crippen LogP contribution in [0.25, 0.3) is 0 Å². The Labute approximate surface area is 76.8 Å². The van der Waals surface area contributed by atoms with Crippen LogP contribution < -0.4 is 0 Å². The van der Waals surface area contributed by atoms with E-state index in [1.54, 1.807) is 0 Å². The normalized spacial score (nSPS) is 15.1. The van der Waals surface area contributed by atoms with Crippen molar-refractivity contribution in [2.24, 2.45) is 0 Å². The summed E-state index contributed by atoms with van der Waals surface area (Å²) in [5.74, 6) is 0. The zero-order chi connectivity index (χ0) is 10.9. The molecule has 78 valence electrons. The molecular weight excluding hydrogens is 220 g/mol. The van der Waals surface area contributed by atoms with Crippen molar-refractivity contribution in [3.05, 3.63) is 12.2 Å². The van der Waals surface area contributed by atoms with Crippen molar-refractivity contribution in [3.8, 4) is 0 Å². The fourth-order valence-electron chi connectivity index (χ4n) is 0.608. The quantitative estimate of drug-likeness (QED) is 0.524. The summed E-state index contributed by atoms with van der Waals surface area (Å²) in [5, 5.41) is 0. The SMILES string of the molecule is CC=CC(C)(S(=O)(=O)O)S(=O)(=O)O. The molecule has 0 saturated heterocycles. The zero-order valence-corrected chi connectivity index (χ0v) is 8.63. The number of allylic oxidation sites excluding steroid dienone is 1. The summed E-state index contributed by atoms with van der Waals surface area (Å²) in [6, 6.07) is 0. The van der Waals surface area contributed by atoms with E-state index in [1.807, 2.05) is 0 Å². The van der Waals surface area contributed by atoms with Gasteiger partial charge in [-0.15, -0.1) is 0 Å². The maximum atomic E-state index is 10.7. The second-order valence-corrected chi connectivity index (χ2v) is 6.32. The molecule has 0 radical (unpaired) electrons. The van der Waals surface area contributed by atoms with Crippen LogP contribution in [0.1, 0.15) is 13.8 Å². The van der Waals surface area contributed by atoms with Gasteiger partial charge in [0.25, 0.3) is 20.2 Å². The second-order valence-electron chi connectivity index (χ2n) is 2.47. The Morgan fingerprint density at radius 3 is 1.46 bits per heavy atom. The molecule has 0 aromatic heterocycles. The van der Waals surface area contributed by atoms with Crippen LogP contribution in [-0.2, 0) is 20.2 Å². The first kappa shape index (κ1) is 12.6. The van der Waals surface area contributed by atoms with E-state index in [9.17, 15) is 16.8 Å². The first-order valence-electron chi connectivity index (χ1n) is 3.14. The van der Waals surface area contributed by atoms with Gasteiger partial charge in [0.1, 0.15) is 0 Å². The molecule has 0 rings (SSSR count). The maximum Gasteiger partial charge on any atom is 0.291 e. The van der Waals surface area contributed by atoms with Gasteiger partial charge in [-0.3, -0.25) is 9.11 Å². The van der Waals surface area contributed by atoms with Crippen LogP contribution in [0.2, 0.25) is 0 Å². The van der Waals surface area contributed by atoms with Crippen molar-refractivity contribution in [3.63, 3.8) is 0 Å². The van der Waals surface area contributed by atoms with Gasteiger partial charge in [-0.05, 0) is 19.9 Å². The van der Waals surface area contributed by atoms with Crippen molar-refractivity contribution in [2.45, 2.75) is 17.9 Å². The van der Waals surface area contributed by atoms with Crippen LogP contribution in [0.15, 0.2) is 12.2 Å². The zero-order valence-electron chi connectivity index (χ0n) is 7.00. The summed E-state index contributed by atoms with van der Waals surface area (Å²) in [6.07, 6.45) is 1.78. The minimum Gasteiger partial charge on any atom is -0.284 e. The van der Waals surface area contributed by atoms with Gasteiger partial charge in [0.15, 0.2) is 0 Å². The highest BCUT2D eigenvalue weighted by molar-refractivity contribution is 8.05. The summed E-state index contributed by atoms with van der Waals surface area (Å²) < 4.78 is 57.1. The van der Waals surface area contributed by atoms with E-state index >= 15 is 0 Å². The topological polar surface area (TPSA) is 109 Å². The van der Waals surface area contributed by atoms with Crippen LogP contribution in [0.5, 0.6) is 0 Å².